The van der Waals surface area contributed by atoms with Crippen LogP contribution in [-0.4, -0.2) is 45.1 Å². The first-order valence-electron chi connectivity index (χ1n) is 8.18. The van der Waals surface area contributed by atoms with Crippen LogP contribution in [0, 0.1) is 6.92 Å². The van der Waals surface area contributed by atoms with Crippen LogP contribution in [0.1, 0.15) is 41.9 Å². The van der Waals surface area contributed by atoms with Gasteiger partial charge in [0.25, 0.3) is 5.91 Å². The van der Waals surface area contributed by atoms with E-state index in [1.54, 1.807) is 24.1 Å². The van der Waals surface area contributed by atoms with E-state index in [0.717, 1.165) is 31.2 Å². The smallest absolute Gasteiger partial charge is 0.274 e. The molecule has 2 aromatic rings. The Morgan fingerprint density at radius 1 is 1.42 bits per heavy atom. The highest BCUT2D eigenvalue weighted by atomic mass is 35.5. The second-order valence-electron chi connectivity index (χ2n) is 6.66. The number of aromatic amines is 1. The molecule has 0 radical (unpaired) electrons. The van der Waals surface area contributed by atoms with Crippen LogP contribution >= 0.6 is 11.6 Å². The van der Waals surface area contributed by atoms with Gasteiger partial charge in [0.2, 0.25) is 0 Å². The first-order chi connectivity index (χ1) is 11.4. The number of aliphatic hydroxyl groups is 1. The zero-order valence-electron chi connectivity index (χ0n) is 14.0. The highest BCUT2D eigenvalue weighted by Crippen LogP contribution is 2.30. The summed E-state index contributed by atoms with van der Waals surface area (Å²) in [7, 11) is 1.71. The summed E-state index contributed by atoms with van der Waals surface area (Å²) >= 11 is 6.02. The molecular weight excluding hydrogens is 326 g/mol. The van der Waals surface area contributed by atoms with E-state index in [1.165, 1.54) is 0 Å². The Morgan fingerprint density at radius 2 is 2.12 bits per heavy atom. The quantitative estimate of drug-likeness (QED) is 0.890. The zero-order valence-corrected chi connectivity index (χ0v) is 14.7. The number of nitrogens with one attached hydrogen (secondary N) is 1. The minimum absolute atomic E-state index is 0.183. The third-order valence-electron chi connectivity index (χ3n) is 4.60. The zero-order chi connectivity index (χ0) is 17.3. The largest absolute Gasteiger partial charge is 0.388 e. The molecule has 1 aliphatic carbocycles. The number of carbonyl (C=O) groups excluding carboxylic acids is 1. The Labute approximate surface area is 146 Å². The monoisotopic (exact) mass is 347 g/mol. The SMILES string of the molecule is Cc1[nH]c(-c2cccc(Cl)c2)nc1C(=O)N(C)CC1(O)CCCC1. The Hall–Kier alpha value is -1.85. The number of aryl methyl sites for hydroxylation is 1. The van der Waals surface area contributed by atoms with Gasteiger partial charge in [0.1, 0.15) is 11.5 Å². The molecule has 5 nitrogen and oxygen atoms in total. The molecule has 0 saturated heterocycles. The fourth-order valence-corrected chi connectivity index (χ4v) is 3.52. The lowest BCUT2D eigenvalue weighted by Gasteiger charge is -2.28. The van der Waals surface area contributed by atoms with Gasteiger partial charge in [0, 0.05) is 29.9 Å². The highest BCUT2D eigenvalue weighted by Gasteiger charge is 2.34. The minimum atomic E-state index is -0.760. The van der Waals surface area contributed by atoms with E-state index in [0.29, 0.717) is 28.8 Å². The lowest BCUT2D eigenvalue weighted by molar-refractivity contribution is 0.0154. The van der Waals surface area contributed by atoms with Crippen molar-refractivity contribution < 1.29 is 9.90 Å². The van der Waals surface area contributed by atoms with Crippen molar-refractivity contribution in [1.82, 2.24) is 14.9 Å². The van der Waals surface area contributed by atoms with Crippen LogP contribution in [0.3, 0.4) is 0 Å². The van der Waals surface area contributed by atoms with Crippen LogP contribution in [0.5, 0.6) is 0 Å². The molecule has 1 aliphatic rings. The fourth-order valence-electron chi connectivity index (χ4n) is 3.33. The van der Waals surface area contributed by atoms with Crippen LogP contribution in [-0.2, 0) is 0 Å². The average Bonchev–Trinajstić information content (AvgIpc) is 3.13. The van der Waals surface area contributed by atoms with Crippen molar-refractivity contribution in [1.29, 1.82) is 0 Å². The molecule has 3 rings (SSSR count). The molecule has 1 aromatic heterocycles. The number of aromatic nitrogens is 2. The summed E-state index contributed by atoms with van der Waals surface area (Å²) in [5, 5.41) is 11.1. The van der Waals surface area contributed by atoms with Crippen molar-refractivity contribution in [3.63, 3.8) is 0 Å². The van der Waals surface area contributed by atoms with Crippen molar-refractivity contribution >= 4 is 17.5 Å². The average molecular weight is 348 g/mol. The Kier molecular flexibility index (Phi) is 4.65. The predicted molar refractivity (Wildman–Crippen MR) is 94.1 cm³/mol. The van der Waals surface area contributed by atoms with E-state index in [1.807, 2.05) is 19.1 Å². The molecule has 1 amide bonds. The number of nitrogens with zero attached hydrogens (tertiary/aromatic N) is 2. The number of hydrogen-bond donors (Lipinski definition) is 2. The normalized spacial score (nSPS) is 16.3. The summed E-state index contributed by atoms with van der Waals surface area (Å²) in [5.41, 5.74) is 1.17. The molecule has 24 heavy (non-hydrogen) atoms. The second-order valence-corrected chi connectivity index (χ2v) is 7.10. The molecule has 0 bridgehead atoms. The Bertz CT molecular complexity index is 750. The second kappa shape index (κ2) is 6.57. The summed E-state index contributed by atoms with van der Waals surface area (Å²) < 4.78 is 0. The van der Waals surface area contributed by atoms with Gasteiger partial charge in [-0.05, 0) is 31.9 Å². The standard InChI is InChI=1S/C18H22ClN3O2/c1-12-15(17(23)22(2)11-18(24)8-3-4-9-18)21-16(20-12)13-6-5-7-14(19)10-13/h5-7,10,24H,3-4,8-9,11H2,1-2H3,(H,20,21). The first kappa shape index (κ1) is 17.0. The summed E-state index contributed by atoms with van der Waals surface area (Å²) in [6.45, 7) is 2.16. The molecule has 6 heteroatoms. The van der Waals surface area contributed by atoms with Crippen molar-refractivity contribution in [2.45, 2.75) is 38.2 Å². The summed E-state index contributed by atoms with van der Waals surface area (Å²) in [5.74, 6) is 0.434. The van der Waals surface area contributed by atoms with Gasteiger partial charge in [0.05, 0.1) is 5.60 Å². The van der Waals surface area contributed by atoms with E-state index < -0.39 is 5.60 Å². The van der Waals surface area contributed by atoms with Gasteiger partial charge < -0.3 is 15.0 Å². The molecule has 0 unspecified atom stereocenters. The van der Waals surface area contributed by atoms with E-state index >= 15 is 0 Å². The molecule has 1 saturated carbocycles. The predicted octanol–water partition coefficient (Wildman–Crippen LogP) is 3.42. The molecule has 0 atom stereocenters. The van der Waals surface area contributed by atoms with Crippen molar-refractivity contribution in [3.8, 4) is 11.4 Å². The first-order valence-corrected chi connectivity index (χ1v) is 8.56. The van der Waals surface area contributed by atoms with Gasteiger partial charge in [-0.3, -0.25) is 4.79 Å². The molecule has 0 spiro atoms. The lowest BCUT2D eigenvalue weighted by Crippen LogP contribution is -2.42. The topological polar surface area (TPSA) is 69.2 Å². The van der Waals surface area contributed by atoms with Crippen LogP contribution in [0.4, 0.5) is 0 Å². The third kappa shape index (κ3) is 3.47. The molecule has 2 N–H and O–H groups in total. The van der Waals surface area contributed by atoms with E-state index in [2.05, 4.69) is 9.97 Å². The lowest BCUT2D eigenvalue weighted by atomic mass is 10.0. The summed E-state index contributed by atoms with van der Waals surface area (Å²) in [4.78, 5) is 21.9. The van der Waals surface area contributed by atoms with Crippen LogP contribution in [0.2, 0.25) is 5.02 Å². The molecular formula is C18H22ClN3O2. The molecule has 1 heterocycles. The Morgan fingerprint density at radius 3 is 2.79 bits per heavy atom. The summed E-state index contributed by atoms with van der Waals surface area (Å²) in [6, 6.07) is 7.34. The van der Waals surface area contributed by atoms with Gasteiger partial charge in [-0.25, -0.2) is 4.98 Å². The maximum atomic E-state index is 12.7. The fraction of sp³-hybridized carbons (Fsp3) is 0.444. The number of carbonyl (C=O) groups is 1. The van der Waals surface area contributed by atoms with Crippen LogP contribution in [0.15, 0.2) is 24.3 Å². The molecule has 128 valence electrons. The van der Waals surface area contributed by atoms with Crippen LogP contribution < -0.4 is 0 Å². The van der Waals surface area contributed by atoms with Crippen molar-refractivity contribution in [3.05, 3.63) is 40.7 Å². The third-order valence-corrected chi connectivity index (χ3v) is 4.83. The number of likely N-dealkylation sites (N-methyl/N-ethyl adjacent to an activating group) is 1. The van der Waals surface area contributed by atoms with E-state index in [9.17, 15) is 9.90 Å². The Balaban J connectivity index is 1.80. The van der Waals surface area contributed by atoms with Gasteiger partial charge in [0.15, 0.2) is 0 Å². The number of hydrogen-bond acceptors (Lipinski definition) is 3. The maximum absolute atomic E-state index is 12.7. The number of imidazole rings is 1. The summed E-state index contributed by atoms with van der Waals surface area (Å²) in [6.07, 6.45) is 3.52. The van der Waals surface area contributed by atoms with E-state index in [-0.39, 0.29) is 5.91 Å². The number of amides is 1. The minimum Gasteiger partial charge on any atom is -0.388 e. The number of rotatable bonds is 4. The number of benzene rings is 1. The maximum Gasteiger partial charge on any atom is 0.274 e. The van der Waals surface area contributed by atoms with Gasteiger partial charge in [-0.1, -0.05) is 36.6 Å². The van der Waals surface area contributed by atoms with Gasteiger partial charge in [-0.2, -0.15) is 0 Å². The molecule has 1 aromatic carbocycles. The van der Waals surface area contributed by atoms with Crippen molar-refractivity contribution in [2.24, 2.45) is 0 Å². The van der Waals surface area contributed by atoms with Gasteiger partial charge in [-0.15, -0.1) is 0 Å². The number of halogens is 1. The van der Waals surface area contributed by atoms with E-state index in [4.69, 9.17) is 11.6 Å². The van der Waals surface area contributed by atoms with Crippen molar-refractivity contribution in [2.75, 3.05) is 13.6 Å². The van der Waals surface area contributed by atoms with Crippen LogP contribution in [0.25, 0.3) is 11.4 Å². The molecule has 1 fully saturated rings. The van der Waals surface area contributed by atoms with Gasteiger partial charge >= 0.3 is 0 Å². The molecule has 0 aliphatic heterocycles. The number of H-pyrrole nitrogens is 1. The highest BCUT2D eigenvalue weighted by molar-refractivity contribution is 6.30.